The molecule has 0 aromatic heterocycles. The summed E-state index contributed by atoms with van der Waals surface area (Å²) < 4.78 is 66.4. The lowest BCUT2D eigenvalue weighted by Crippen LogP contribution is -2.37. The molecule has 184 valence electrons. The van der Waals surface area contributed by atoms with Gasteiger partial charge in [0.05, 0.1) is 18.3 Å². The maximum atomic E-state index is 14.6. The molecule has 2 nitrogen and oxygen atoms in total. The molecule has 6 heteroatoms. The topological polar surface area (TPSA) is 18.5 Å². The van der Waals surface area contributed by atoms with Crippen molar-refractivity contribution in [2.45, 2.75) is 75.9 Å². The summed E-state index contributed by atoms with van der Waals surface area (Å²) in [6.45, 7) is 0.928. The lowest BCUT2D eigenvalue weighted by Gasteiger charge is -2.42. The van der Waals surface area contributed by atoms with E-state index in [0.717, 1.165) is 61.8 Å². The molecule has 1 heterocycles. The van der Waals surface area contributed by atoms with E-state index < -0.39 is 23.5 Å². The fourth-order valence-electron chi connectivity index (χ4n) is 5.97. The summed E-state index contributed by atoms with van der Waals surface area (Å²) in [4.78, 5) is 0. The van der Waals surface area contributed by atoms with E-state index >= 15 is 0 Å². The van der Waals surface area contributed by atoms with E-state index in [1.807, 2.05) is 0 Å². The Morgan fingerprint density at radius 2 is 1.44 bits per heavy atom. The summed E-state index contributed by atoms with van der Waals surface area (Å²) in [5.41, 5.74) is 0.742. The smallest absolute Gasteiger partial charge is 0.426 e. The lowest BCUT2D eigenvalue weighted by molar-refractivity contribution is -0.185. The van der Waals surface area contributed by atoms with E-state index in [9.17, 15) is 17.6 Å². The standard InChI is InChI=1S/C28H32F4O2/c29-25-14-13-24(16-26(25)30)34-28(31,32)23-11-8-20(9-12-23)19-4-6-21(7-5-19)27-15-10-22(17-33-27)18-2-1-3-18/h8-9,11-14,16,18-19,21-22,27H,1-7,10,15,17H2. The third kappa shape index (κ3) is 5.12. The molecule has 2 aromatic rings. The molecule has 0 radical (unpaired) electrons. The van der Waals surface area contributed by atoms with Gasteiger partial charge in [0.2, 0.25) is 0 Å². The molecule has 0 bridgehead atoms. The Morgan fingerprint density at radius 3 is 2.03 bits per heavy atom. The van der Waals surface area contributed by atoms with Crippen LogP contribution in [0.1, 0.15) is 74.8 Å². The zero-order chi connectivity index (χ0) is 23.7. The summed E-state index contributed by atoms with van der Waals surface area (Å²) in [5.74, 6) is -0.128. The van der Waals surface area contributed by atoms with Crippen molar-refractivity contribution in [3.05, 3.63) is 65.2 Å². The van der Waals surface area contributed by atoms with Crippen LogP contribution < -0.4 is 4.74 Å². The van der Waals surface area contributed by atoms with Crippen LogP contribution in [0.25, 0.3) is 0 Å². The van der Waals surface area contributed by atoms with Gasteiger partial charge in [0.15, 0.2) is 11.6 Å². The largest absolute Gasteiger partial charge is 0.429 e. The number of ether oxygens (including phenoxy) is 2. The molecular weight excluding hydrogens is 444 g/mol. The molecule has 2 aliphatic carbocycles. The molecule has 34 heavy (non-hydrogen) atoms. The molecule has 3 fully saturated rings. The van der Waals surface area contributed by atoms with Gasteiger partial charge in [-0.15, -0.1) is 0 Å². The minimum absolute atomic E-state index is 0.314. The highest BCUT2D eigenvalue weighted by Crippen LogP contribution is 2.43. The molecule has 1 saturated heterocycles. The van der Waals surface area contributed by atoms with Crippen LogP contribution in [-0.4, -0.2) is 12.7 Å². The molecule has 2 aromatic carbocycles. The van der Waals surface area contributed by atoms with Crippen molar-refractivity contribution in [3.63, 3.8) is 0 Å². The second kappa shape index (κ2) is 9.88. The molecule has 2 atom stereocenters. The average molecular weight is 477 g/mol. The Hall–Kier alpha value is -2.08. The molecule has 2 saturated carbocycles. The maximum Gasteiger partial charge on any atom is 0.426 e. The summed E-state index contributed by atoms with van der Waals surface area (Å²) in [6.07, 6.45) is 7.67. The predicted molar refractivity (Wildman–Crippen MR) is 122 cm³/mol. The highest BCUT2D eigenvalue weighted by molar-refractivity contribution is 5.30. The number of alkyl halides is 2. The lowest BCUT2D eigenvalue weighted by atomic mass is 9.71. The van der Waals surface area contributed by atoms with Crippen molar-refractivity contribution in [1.82, 2.24) is 0 Å². The van der Waals surface area contributed by atoms with Gasteiger partial charge in [0.1, 0.15) is 5.75 Å². The first-order valence-corrected chi connectivity index (χ1v) is 12.6. The second-order valence-electron chi connectivity index (χ2n) is 10.3. The Labute approximate surface area is 198 Å². The van der Waals surface area contributed by atoms with E-state index in [2.05, 4.69) is 4.74 Å². The van der Waals surface area contributed by atoms with Gasteiger partial charge in [-0.25, -0.2) is 8.78 Å². The fourth-order valence-corrected chi connectivity index (χ4v) is 5.97. The second-order valence-corrected chi connectivity index (χ2v) is 10.3. The quantitative estimate of drug-likeness (QED) is 0.394. The van der Waals surface area contributed by atoms with Crippen LogP contribution >= 0.6 is 0 Å². The number of rotatable bonds is 6. The monoisotopic (exact) mass is 476 g/mol. The van der Waals surface area contributed by atoms with E-state index in [0.29, 0.717) is 24.0 Å². The van der Waals surface area contributed by atoms with Gasteiger partial charge in [-0.1, -0.05) is 31.4 Å². The van der Waals surface area contributed by atoms with E-state index in [-0.39, 0.29) is 5.56 Å². The predicted octanol–water partition coefficient (Wildman–Crippen LogP) is 7.96. The van der Waals surface area contributed by atoms with Crippen LogP contribution in [0.4, 0.5) is 17.6 Å². The van der Waals surface area contributed by atoms with Crippen LogP contribution in [0.15, 0.2) is 42.5 Å². The molecule has 0 amide bonds. The van der Waals surface area contributed by atoms with Gasteiger partial charge in [0, 0.05) is 6.07 Å². The zero-order valence-electron chi connectivity index (χ0n) is 19.3. The number of halogens is 4. The van der Waals surface area contributed by atoms with Gasteiger partial charge in [-0.3, -0.25) is 0 Å². The molecule has 0 spiro atoms. The highest BCUT2D eigenvalue weighted by Gasteiger charge is 2.37. The van der Waals surface area contributed by atoms with E-state index in [4.69, 9.17) is 4.74 Å². The Bertz CT molecular complexity index is 957. The van der Waals surface area contributed by atoms with Crippen LogP contribution in [-0.2, 0) is 10.8 Å². The van der Waals surface area contributed by atoms with Gasteiger partial charge in [-0.2, -0.15) is 8.78 Å². The highest BCUT2D eigenvalue weighted by atomic mass is 19.3. The number of hydrogen-bond acceptors (Lipinski definition) is 2. The third-order valence-corrected chi connectivity index (χ3v) is 8.32. The van der Waals surface area contributed by atoms with Crippen molar-refractivity contribution >= 4 is 0 Å². The maximum absolute atomic E-state index is 14.6. The van der Waals surface area contributed by atoms with Crippen molar-refractivity contribution < 1.29 is 27.0 Å². The van der Waals surface area contributed by atoms with Crippen LogP contribution in [0.3, 0.4) is 0 Å². The third-order valence-electron chi connectivity index (χ3n) is 8.32. The molecule has 3 aliphatic rings. The summed E-state index contributed by atoms with van der Waals surface area (Å²) in [6, 6.07) is 8.60. The van der Waals surface area contributed by atoms with E-state index in [1.165, 1.54) is 44.2 Å². The number of hydrogen-bond donors (Lipinski definition) is 0. The van der Waals surface area contributed by atoms with Crippen molar-refractivity contribution in [1.29, 1.82) is 0 Å². The van der Waals surface area contributed by atoms with Crippen LogP contribution in [0.2, 0.25) is 0 Å². The summed E-state index contributed by atoms with van der Waals surface area (Å²) in [5, 5.41) is 0. The van der Waals surface area contributed by atoms with Crippen molar-refractivity contribution in [3.8, 4) is 5.75 Å². The molecular formula is C28H32F4O2. The minimum Gasteiger partial charge on any atom is -0.429 e. The molecule has 1 aliphatic heterocycles. The summed E-state index contributed by atoms with van der Waals surface area (Å²) in [7, 11) is 0. The van der Waals surface area contributed by atoms with Gasteiger partial charge in [-0.05, 0) is 92.0 Å². The zero-order valence-corrected chi connectivity index (χ0v) is 19.3. The first-order chi connectivity index (χ1) is 16.4. The first kappa shape index (κ1) is 23.7. The number of benzene rings is 2. The average Bonchev–Trinajstić information content (AvgIpc) is 2.81. The minimum atomic E-state index is -3.64. The van der Waals surface area contributed by atoms with Gasteiger partial charge >= 0.3 is 6.11 Å². The van der Waals surface area contributed by atoms with Gasteiger partial charge < -0.3 is 9.47 Å². The normalized spacial score (nSPS) is 28.4. The van der Waals surface area contributed by atoms with Gasteiger partial charge in [0.25, 0.3) is 0 Å². The molecule has 2 unspecified atom stereocenters. The molecule has 5 rings (SSSR count). The molecule has 0 N–H and O–H groups in total. The first-order valence-electron chi connectivity index (χ1n) is 12.6. The van der Waals surface area contributed by atoms with E-state index in [1.54, 1.807) is 12.1 Å². The summed E-state index contributed by atoms with van der Waals surface area (Å²) >= 11 is 0. The Kier molecular flexibility index (Phi) is 6.88. The van der Waals surface area contributed by atoms with Crippen LogP contribution in [0.5, 0.6) is 5.75 Å². The van der Waals surface area contributed by atoms with Crippen LogP contribution in [0, 0.1) is 29.4 Å². The van der Waals surface area contributed by atoms with Crippen molar-refractivity contribution in [2.75, 3.05) is 6.61 Å². The Morgan fingerprint density at radius 1 is 0.735 bits per heavy atom. The fraction of sp³-hybridized carbons (Fsp3) is 0.571. The SMILES string of the molecule is Fc1ccc(OC(F)(F)c2ccc(C3CCC(C4CCC(C5CCC5)CO4)CC3)cc2)cc1F. The van der Waals surface area contributed by atoms with Crippen molar-refractivity contribution in [2.24, 2.45) is 17.8 Å². The Balaban J connectivity index is 1.13.